The summed E-state index contributed by atoms with van der Waals surface area (Å²) in [7, 11) is 0. The van der Waals surface area contributed by atoms with Gasteiger partial charge >= 0.3 is 0 Å². The van der Waals surface area contributed by atoms with Crippen LogP contribution in [0.3, 0.4) is 0 Å². The van der Waals surface area contributed by atoms with Gasteiger partial charge in [0.1, 0.15) is 5.52 Å². The molecule has 0 spiro atoms. The maximum atomic E-state index is 12.0. The first-order valence-electron chi connectivity index (χ1n) is 9.59. The minimum absolute atomic E-state index is 0.0482. The Morgan fingerprint density at radius 3 is 2.55 bits per heavy atom. The average Bonchev–Trinajstić information content (AvgIpc) is 3.11. The lowest BCUT2D eigenvalue weighted by Gasteiger charge is -2.09. The second-order valence-corrected chi connectivity index (χ2v) is 7.60. The number of pyridine rings is 1. The maximum Gasteiger partial charge on any atom is 0.251 e. The number of aromatic nitrogens is 3. The van der Waals surface area contributed by atoms with Gasteiger partial charge in [-0.25, -0.2) is 9.97 Å². The Bertz CT molecular complexity index is 1110. The largest absolute Gasteiger partial charge is 0.352 e. The van der Waals surface area contributed by atoms with Gasteiger partial charge in [0.2, 0.25) is 0 Å². The lowest BCUT2D eigenvalue weighted by atomic mass is 10.1. The first-order chi connectivity index (χ1) is 14.2. The van der Waals surface area contributed by atoms with Gasteiger partial charge in [-0.3, -0.25) is 9.36 Å². The number of fused-ring (bicyclic) bond motifs is 1. The number of imidazole rings is 1. The van der Waals surface area contributed by atoms with Gasteiger partial charge in [0.15, 0.2) is 10.8 Å². The average molecular weight is 403 g/mol. The van der Waals surface area contributed by atoms with Crippen LogP contribution in [0, 0.1) is 0 Å². The van der Waals surface area contributed by atoms with Crippen molar-refractivity contribution in [2.45, 2.75) is 24.4 Å². The molecule has 0 radical (unpaired) electrons. The number of nitrogens with zero attached hydrogens (tertiary/aromatic N) is 3. The lowest BCUT2D eigenvalue weighted by Crippen LogP contribution is -2.22. The summed E-state index contributed by atoms with van der Waals surface area (Å²) >= 11 is 1.71. The molecule has 0 saturated heterocycles. The minimum Gasteiger partial charge on any atom is -0.352 e. The number of rotatable bonds is 7. The van der Waals surface area contributed by atoms with Crippen LogP contribution >= 0.6 is 11.8 Å². The first kappa shape index (κ1) is 19.2. The third-order valence-corrected chi connectivity index (χ3v) is 5.62. The van der Waals surface area contributed by atoms with Crippen LogP contribution in [-0.2, 0) is 12.3 Å². The molecule has 0 aliphatic rings. The second-order valence-electron chi connectivity index (χ2n) is 6.66. The molecule has 6 heteroatoms. The number of nitrogens with one attached hydrogen (secondary N) is 1. The molecule has 1 amide bonds. The van der Waals surface area contributed by atoms with Crippen molar-refractivity contribution >= 4 is 28.8 Å². The normalized spacial score (nSPS) is 10.9. The molecule has 0 unspecified atom stereocenters. The number of hydrogen-bond donors (Lipinski definition) is 1. The van der Waals surface area contributed by atoms with Crippen LogP contribution in [0.25, 0.3) is 11.2 Å². The SMILES string of the molecule is CCNC(=O)c1ccc(Cn2c(SCc3ccccc3)nc3cccnc32)cc1. The van der Waals surface area contributed by atoms with Gasteiger partial charge in [0.25, 0.3) is 5.91 Å². The molecule has 2 aromatic carbocycles. The highest BCUT2D eigenvalue weighted by Gasteiger charge is 2.13. The summed E-state index contributed by atoms with van der Waals surface area (Å²) in [5.74, 6) is 0.799. The van der Waals surface area contributed by atoms with Gasteiger partial charge in [-0.2, -0.15) is 0 Å². The number of hydrogen-bond acceptors (Lipinski definition) is 4. The summed E-state index contributed by atoms with van der Waals surface area (Å²) in [4.78, 5) is 21.3. The van der Waals surface area contributed by atoms with Gasteiger partial charge in [-0.15, -0.1) is 0 Å². The monoisotopic (exact) mass is 402 g/mol. The molecule has 0 atom stereocenters. The van der Waals surface area contributed by atoms with E-state index in [-0.39, 0.29) is 5.91 Å². The van der Waals surface area contributed by atoms with Crippen molar-refractivity contribution in [1.29, 1.82) is 0 Å². The standard InChI is InChI=1S/C23H22N4OS/c1-2-24-22(28)19-12-10-17(11-13-19)15-27-21-20(9-6-14-25-21)26-23(27)29-16-18-7-4-3-5-8-18/h3-14H,2,15-16H2,1H3,(H,24,28). The third-order valence-electron chi connectivity index (χ3n) is 4.57. The summed E-state index contributed by atoms with van der Waals surface area (Å²) in [5, 5.41) is 3.77. The fourth-order valence-electron chi connectivity index (χ4n) is 3.12. The highest BCUT2D eigenvalue weighted by atomic mass is 32.2. The van der Waals surface area contributed by atoms with Gasteiger partial charge in [-0.05, 0) is 42.3 Å². The third kappa shape index (κ3) is 4.49. The van der Waals surface area contributed by atoms with Crippen molar-refractivity contribution in [2.75, 3.05) is 6.54 Å². The number of carbonyl (C=O) groups excluding carboxylic acids is 1. The predicted molar refractivity (Wildman–Crippen MR) is 117 cm³/mol. The van der Waals surface area contributed by atoms with E-state index in [1.54, 1.807) is 18.0 Å². The van der Waals surface area contributed by atoms with Crippen LogP contribution in [0.4, 0.5) is 0 Å². The predicted octanol–water partition coefficient (Wildman–Crippen LogP) is 4.52. The summed E-state index contributed by atoms with van der Waals surface area (Å²) in [6.45, 7) is 3.19. The van der Waals surface area contributed by atoms with Gasteiger partial charge < -0.3 is 5.32 Å². The minimum atomic E-state index is -0.0482. The Kier molecular flexibility index (Phi) is 5.91. The Morgan fingerprint density at radius 1 is 1.00 bits per heavy atom. The Balaban J connectivity index is 1.59. The van der Waals surface area contributed by atoms with E-state index in [1.807, 2.05) is 49.4 Å². The Labute approximate surface area is 174 Å². The van der Waals surface area contributed by atoms with E-state index in [0.29, 0.717) is 18.7 Å². The lowest BCUT2D eigenvalue weighted by molar-refractivity contribution is 0.0956. The van der Waals surface area contributed by atoms with Crippen LogP contribution in [0.5, 0.6) is 0 Å². The smallest absolute Gasteiger partial charge is 0.251 e. The molecule has 0 aliphatic carbocycles. The van der Waals surface area contributed by atoms with E-state index in [1.165, 1.54) is 5.56 Å². The molecule has 29 heavy (non-hydrogen) atoms. The molecular weight excluding hydrogens is 380 g/mol. The molecule has 0 fully saturated rings. The molecule has 0 aliphatic heterocycles. The first-order valence-corrected chi connectivity index (χ1v) is 10.6. The van der Waals surface area contributed by atoms with Gasteiger partial charge in [0.05, 0.1) is 6.54 Å². The quantitative estimate of drug-likeness (QED) is 0.462. The van der Waals surface area contributed by atoms with Crippen LogP contribution in [0.15, 0.2) is 78.1 Å². The van der Waals surface area contributed by atoms with Crippen LogP contribution in [-0.4, -0.2) is 27.0 Å². The summed E-state index contributed by atoms with van der Waals surface area (Å²) in [5.41, 5.74) is 4.79. The zero-order valence-corrected chi connectivity index (χ0v) is 17.0. The van der Waals surface area contributed by atoms with E-state index >= 15 is 0 Å². The van der Waals surface area contributed by atoms with Crippen LogP contribution in [0.2, 0.25) is 0 Å². The van der Waals surface area contributed by atoms with Crippen molar-refractivity contribution < 1.29 is 4.79 Å². The molecule has 4 aromatic rings. The zero-order valence-electron chi connectivity index (χ0n) is 16.2. The Morgan fingerprint density at radius 2 is 1.79 bits per heavy atom. The molecule has 146 valence electrons. The molecule has 4 rings (SSSR count). The topological polar surface area (TPSA) is 59.8 Å². The number of amides is 1. The van der Waals surface area contributed by atoms with Gasteiger partial charge in [-0.1, -0.05) is 54.2 Å². The highest BCUT2D eigenvalue weighted by Crippen LogP contribution is 2.26. The Hall–Kier alpha value is -3.12. The molecule has 5 nitrogen and oxygen atoms in total. The number of carbonyl (C=O) groups is 1. The zero-order chi connectivity index (χ0) is 20.1. The fourth-order valence-corrected chi connectivity index (χ4v) is 4.08. The van der Waals surface area contributed by atoms with Crippen LogP contribution < -0.4 is 5.32 Å². The van der Waals surface area contributed by atoms with Crippen molar-refractivity contribution in [3.8, 4) is 0 Å². The van der Waals surface area contributed by atoms with E-state index in [0.717, 1.165) is 27.6 Å². The fraction of sp³-hybridized carbons (Fsp3) is 0.174. The molecule has 2 heterocycles. The van der Waals surface area contributed by atoms with E-state index in [2.05, 4.69) is 39.1 Å². The molecular formula is C23H22N4OS. The number of benzene rings is 2. The number of thioether (sulfide) groups is 1. The van der Waals surface area contributed by atoms with Crippen molar-refractivity contribution in [1.82, 2.24) is 19.9 Å². The summed E-state index contributed by atoms with van der Waals surface area (Å²) in [6, 6.07) is 22.0. The molecule has 0 saturated carbocycles. The van der Waals surface area contributed by atoms with E-state index in [9.17, 15) is 4.79 Å². The van der Waals surface area contributed by atoms with Crippen LogP contribution in [0.1, 0.15) is 28.4 Å². The van der Waals surface area contributed by atoms with Crippen molar-refractivity contribution in [2.24, 2.45) is 0 Å². The second kappa shape index (κ2) is 8.92. The maximum absolute atomic E-state index is 12.0. The summed E-state index contributed by atoms with van der Waals surface area (Å²) in [6.07, 6.45) is 1.80. The van der Waals surface area contributed by atoms with Crippen molar-refractivity contribution in [3.05, 3.63) is 89.6 Å². The summed E-state index contributed by atoms with van der Waals surface area (Å²) < 4.78 is 2.14. The molecule has 0 bridgehead atoms. The van der Waals surface area contributed by atoms with E-state index < -0.39 is 0 Å². The van der Waals surface area contributed by atoms with Gasteiger partial charge in [0, 0.05) is 24.1 Å². The highest BCUT2D eigenvalue weighted by molar-refractivity contribution is 7.98. The van der Waals surface area contributed by atoms with Crippen molar-refractivity contribution in [3.63, 3.8) is 0 Å². The molecule has 2 aromatic heterocycles. The van der Waals surface area contributed by atoms with E-state index in [4.69, 9.17) is 4.98 Å². The molecule has 1 N–H and O–H groups in total.